The minimum absolute atomic E-state index is 0.0589. The van der Waals surface area contributed by atoms with Gasteiger partial charge in [-0.05, 0) is 53.9 Å². The monoisotopic (exact) mass is 461 g/mol. The van der Waals surface area contributed by atoms with Crippen LogP contribution >= 0.6 is 11.6 Å². The van der Waals surface area contributed by atoms with Crippen molar-refractivity contribution in [3.05, 3.63) is 110 Å². The number of benzene rings is 3. The fraction of sp³-hybridized carbons (Fsp3) is 0.192. The van der Waals surface area contributed by atoms with E-state index in [-0.39, 0.29) is 24.4 Å². The van der Waals surface area contributed by atoms with Crippen LogP contribution in [0.5, 0.6) is 0 Å². The summed E-state index contributed by atoms with van der Waals surface area (Å²) in [4.78, 5) is 38.8. The maximum Gasteiger partial charge on any atom is 0.336 e. The zero-order valence-corrected chi connectivity index (χ0v) is 19.0. The smallest absolute Gasteiger partial charge is 0.336 e. The summed E-state index contributed by atoms with van der Waals surface area (Å²) in [5.74, 6) is -0.0589. The number of nitrogens with one attached hydrogen (secondary N) is 1. The molecule has 7 heteroatoms. The maximum absolute atomic E-state index is 13.5. The zero-order chi connectivity index (χ0) is 23.4. The second-order valence-electron chi connectivity index (χ2n) is 7.85. The second kappa shape index (κ2) is 9.88. The van der Waals surface area contributed by atoms with Crippen molar-refractivity contribution in [3.63, 3.8) is 0 Å². The Morgan fingerprint density at radius 1 is 0.939 bits per heavy atom. The number of carbonyl (C=O) groups is 1. The number of halogens is 1. The van der Waals surface area contributed by atoms with Gasteiger partial charge in [-0.2, -0.15) is 0 Å². The van der Waals surface area contributed by atoms with Gasteiger partial charge in [0, 0.05) is 11.6 Å². The van der Waals surface area contributed by atoms with Gasteiger partial charge in [0.05, 0.1) is 29.6 Å². The van der Waals surface area contributed by atoms with Gasteiger partial charge in [0.15, 0.2) is 0 Å². The number of fused-ring (bicyclic) bond motifs is 1. The van der Waals surface area contributed by atoms with Crippen LogP contribution < -0.4 is 16.6 Å². The van der Waals surface area contributed by atoms with E-state index in [1.165, 1.54) is 4.57 Å². The predicted molar refractivity (Wildman–Crippen MR) is 131 cm³/mol. The average Bonchev–Trinajstić information content (AvgIpc) is 2.82. The Morgan fingerprint density at radius 2 is 1.70 bits per heavy atom. The molecule has 0 aliphatic rings. The van der Waals surface area contributed by atoms with Crippen molar-refractivity contribution in [1.29, 1.82) is 0 Å². The molecule has 0 unspecified atom stereocenters. The van der Waals surface area contributed by atoms with Gasteiger partial charge >= 0.3 is 5.69 Å². The standard InChI is InChI=1S/C26H24ClN3O3/c1-2-14-28-24(31)16-18-10-12-21(13-11-18)30-25(32)22-8-3-4-9-23(22)29(26(30)33)17-19-6-5-7-20(27)15-19/h3-13,15H,2,14,16-17H2,1H3,(H,28,31). The van der Waals surface area contributed by atoms with E-state index in [1.54, 1.807) is 65.2 Å². The molecule has 0 atom stereocenters. The highest BCUT2D eigenvalue weighted by atomic mass is 35.5. The van der Waals surface area contributed by atoms with E-state index >= 15 is 0 Å². The van der Waals surface area contributed by atoms with Gasteiger partial charge in [0.1, 0.15) is 0 Å². The van der Waals surface area contributed by atoms with E-state index in [0.29, 0.717) is 28.2 Å². The zero-order valence-electron chi connectivity index (χ0n) is 18.3. The first-order valence-electron chi connectivity index (χ1n) is 10.8. The van der Waals surface area contributed by atoms with Gasteiger partial charge in [0.25, 0.3) is 5.56 Å². The maximum atomic E-state index is 13.5. The third-order valence-electron chi connectivity index (χ3n) is 5.41. The third kappa shape index (κ3) is 4.91. The first-order chi connectivity index (χ1) is 16.0. The SMILES string of the molecule is CCCNC(=O)Cc1ccc(-n2c(=O)c3ccccc3n(Cc3cccc(Cl)c3)c2=O)cc1. The van der Waals surface area contributed by atoms with Crippen LogP contribution in [-0.4, -0.2) is 21.6 Å². The fourth-order valence-corrected chi connectivity index (χ4v) is 4.01. The molecule has 0 fully saturated rings. The summed E-state index contributed by atoms with van der Waals surface area (Å²) in [6.07, 6.45) is 1.11. The van der Waals surface area contributed by atoms with E-state index in [9.17, 15) is 14.4 Å². The first-order valence-corrected chi connectivity index (χ1v) is 11.2. The molecule has 1 amide bonds. The summed E-state index contributed by atoms with van der Waals surface area (Å²) in [6, 6.07) is 21.3. The normalized spacial score (nSPS) is 11.0. The summed E-state index contributed by atoms with van der Waals surface area (Å²) >= 11 is 6.13. The lowest BCUT2D eigenvalue weighted by atomic mass is 10.1. The molecular formula is C26H24ClN3O3. The van der Waals surface area contributed by atoms with Crippen molar-refractivity contribution in [2.24, 2.45) is 0 Å². The molecule has 6 nitrogen and oxygen atoms in total. The van der Waals surface area contributed by atoms with Gasteiger partial charge in [-0.25, -0.2) is 9.36 Å². The number of rotatable bonds is 7. The molecule has 3 aromatic carbocycles. The molecule has 33 heavy (non-hydrogen) atoms. The highest BCUT2D eigenvalue weighted by Crippen LogP contribution is 2.15. The quantitative estimate of drug-likeness (QED) is 0.453. The number of hydrogen-bond donors (Lipinski definition) is 1. The fourth-order valence-electron chi connectivity index (χ4n) is 3.79. The highest BCUT2D eigenvalue weighted by Gasteiger charge is 2.15. The van der Waals surface area contributed by atoms with Gasteiger partial charge in [0.2, 0.25) is 5.91 Å². The van der Waals surface area contributed by atoms with Crippen molar-refractivity contribution < 1.29 is 4.79 Å². The molecule has 0 aliphatic heterocycles. The molecule has 4 rings (SSSR count). The molecular weight excluding hydrogens is 438 g/mol. The number of carbonyl (C=O) groups excluding carboxylic acids is 1. The van der Waals surface area contributed by atoms with Crippen LogP contribution in [0.4, 0.5) is 0 Å². The minimum atomic E-state index is -0.438. The molecule has 0 radical (unpaired) electrons. The Labute approximate surface area is 196 Å². The third-order valence-corrected chi connectivity index (χ3v) is 5.65. The van der Waals surface area contributed by atoms with E-state index in [4.69, 9.17) is 11.6 Å². The summed E-state index contributed by atoms with van der Waals surface area (Å²) in [5, 5.41) is 3.87. The second-order valence-corrected chi connectivity index (χ2v) is 8.29. The lowest BCUT2D eigenvalue weighted by Gasteiger charge is -2.15. The Balaban J connectivity index is 1.77. The van der Waals surface area contributed by atoms with E-state index < -0.39 is 5.69 Å². The van der Waals surface area contributed by atoms with Crippen LogP contribution in [0.25, 0.3) is 16.6 Å². The summed E-state index contributed by atoms with van der Waals surface area (Å²) < 4.78 is 2.75. The van der Waals surface area contributed by atoms with Crippen LogP contribution in [0.15, 0.2) is 82.4 Å². The van der Waals surface area contributed by atoms with Crippen molar-refractivity contribution in [3.8, 4) is 5.69 Å². The van der Waals surface area contributed by atoms with Crippen LogP contribution in [0.1, 0.15) is 24.5 Å². The minimum Gasteiger partial charge on any atom is -0.356 e. The largest absolute Gasteiger partial charge is 0.356 e. The lowest BCUT2D eigenvalue weighted by molar-refractivity contribution is -0.120. The van der Waals surface area contributed by atoms with Gasteiger partial charge in [-0.1, -0.05) is 54.9 Å². The Kier molecular flexibility index (Phi) is 6.75. The number of nitrogens with zero attached hydrogens (tertiary/aromatic N) is 2. The molecule has 1 heterocycles. The van der Waals surface area contributed by atoms with Crippen LogP contribution in [0.2, 0.25) is 5.02 Å². The predicted octanol–water partition coefficient (Wildman–Crippen LogP) is 3.92. The Hall–Kier alpha value is -3.64. The van der Waals surface area contributed by atoms with Gasteiger partial charge < -0.3 is 5.32 Å². The number of hydrogen-bond acceptors (Lipinski definition) is 3. The summed E-state index contributed by atoms with van der Waals surface area (Å²) in [5.41, 5.74) is 1.86. The summed E-state index contributed by atoms with van der Waals surface area (Å²) in [6.45, 7) is 2.90. The van der Waals surface area contributed by atoms with E-state index in [1.807, 2.05) is 19.1 Å². The molecule has 4 aromatic rings. The van der Waals surface area contributed by atoms with Crippen molar-refractivity contribution in [1.82, 2.24) is 14.5 Å². The molecule has 1 N–H and O–H groups in total. The number of amides is 1. The van der Waals surface area contributed by atoms with E-state index in [2.05, 4.69) is 5.32 Å². The topological polar surface area (TPSA) is 73.1 Å². The molecule has 0 bridgehead atoms. The van der Waals surface area contributed by atoms with Crippen molar-refractivity contribution in [2.45, 2.75) is 26.3 Å². The average molecular weight is 462 g/mol. The first kappa shape index (κ1) is 22.6. The summed E-state index contributed by atoms with van der Waals surface area (Å²) in [7, 11) is 0. The van der Waals surface area contributed by atoms with Crippen molar-refractivity contribution in [2.75, 3.05) is 6.54 Å². The highest BCUT2D eigenvalue weighted by molar-refractivity contribution is 6.30. The van der Waals surface area contributed by atoms with Crippen LogP contribution in [0.3, 0.4) is 0 Å². The Morgan fingerprint density at radius 3 is 2.42 bits per heavy atom. The lowest BCUT2D eigenvalue weighted by Crippen LogP contribution is -2.39. The van der Waals surface area contributed by atoms with Crippen LogP contribution in [0, 0.1) is 0 Å². The van der Waals surface area contributed by atoms with Gasteiger partial charge in [-0.3, -0.25) is 14.2 Å². The van der Waals surface area contributed by atoms with Gasteiger partial charge in [-0.15, -0.1) is 0 Å². The number of para-hydroxylation sites is 1. The molecule has 0 spiro atoms. The molecule has 1 aromatic heterocycles. The molecule has 0 aliphatic carbocycles. The molecule has 168 valence electrons. The molecule has 0 saturated carbocycles. The number of aromatic nitrogens is 2. The van der Waals surface area contributed by atoms with E-state index in [0.717, 1.165) is 17.5 Å². The Bertz CT molecular complexity index is 1420. The van der Waals surface area contributed by atoms with Crippen LogP contribution in [-0.2, 0) is 17.8 Å². The molecule has 0 saturated heterocycles. The van der Waals surface area contributed by atoms with Crippen molar-refractivity contribution >= 4 is 28.4 Å².